The van der Waals surface area contributed by atoms with Crippen molar-refractivity contribution in [3.05, 3.63) is 66.0 Å². The molecule has 0 aliphatic carbocycles. The van der Waals surface area contributed by atoms with Gasteiger partial charge in [0, 0.05) is 17.8 Å². The van der Waals surface area contributed by atoms with Crippen LogP contribution in [-0.4, -0.2) is 22.4 Å². The van der Waals surface area contributed by atoms with E-state index in [1.54, 1.807) is 4.90 Å². The average Bonchev–Trinajstić information content (AvgIpc) is 2.62. The number of benzene rings is 2. The van der Waals surface area contributed by atoms with Gasteiger partial charge >= 0.3 is 0 Å². The molecule has 112 valence electrons. The average molecular weight is 301 g/mol. The highest BCUT2D eigenvalue weighted by Gasteiger charge is 2.18. The summed E-state index contributed by atoms with van der Waals surface area (Å²) < 4.78 is 0. The Bertz CT molecular complexity index is 912. The lowest BCUT2D eigenvalue weighted by Crippen LogP contribution is -2.31. The molecule has 3 rings (SSSR count). The van der Waals surface area contributed by atoms with Gasteiger partial charge in [0.1, 0.15) is 5.69 Å². The molecule has 23 heavy (non-hydrogen) atoms. The summed E-state index contributed by atoms with van der Waals surface area (Å²) in [5, 5.41) is 0. The number of fused-ring (bicyclic) bond motifs is 1. The van der Waals surface area contributed by atoms with Gasteiger partial charge < -0.3 is 4.90 Å². The Kier molecular flexibility index (Phi) is 4.03. The number of aromatic nitrogens is 2. The molecule has 1 amide bonds. The van der Waals surface area contributed by atoms with Crippen molar-refractivity contribution in [1.82, 2.24) is 9.97 Å². The van der Waals surface area contributed by atoms with Crippen LogP contribution >= 0.6 is 0 Å². The Morgan fingerprint density at radius 3 is 2.70 bits per heavy atom. The van der Waals surface area contributed by atoms with Gasteiger partial charge in [0.15, 0.2) is 0 Å². The molecule has 2 aromatic carbocycles. The minimum atomic E-state index is -0.195. The zero-order valence-electron chi connectivity index (χ0n) is 12.7. The van der Waals surface area contributed by atoms with E-state index in [1.165, 1.54) is 6.20 Å². The highest BCUT2D eigenvalue weighted by atomic mass is 16.2. The van der Waals surface area contributed by atoms with E-state index in [1.807, 2.05) is 55.5 Å². The van der Waals surface area contributed by atoms with E-state index in [0.717, 1.165) is 16.8 Å². The molecule has 4 heteroatoms. The second kappa shape index (κ2) is 6.29. The minimum absolute atomic E-state index is 0.195. The largest absolute Gasteiger partial charge is 0.307 e. The van der Waals surface area contributed by atoms with Gasteiger partial charge in [0.25, 0.3) is 5.91 Å². The molecule has 0 radical (unpaired) electrons. The predicted octanol–water partition coefficient (Wildman–Crippen LogP) is 3.28. The Labute approximate surface area is 134 Å². The summed E-state index contributed by atoms with van der Waals surface area (Å²) >= 11 is 0. The second-order valence-corrected chi connectivity index (χ2v) is 4.99. The SMILES string of the molecule is C#Cc1cccc(N(CC)C(=O)c2cnc3ccccc3n2)c1. The fourth-order valence-corrected chi connectivity index (χ4v) is 2.41. The smallest absolute Gasteiger partial charge is 0.278 e. The van der Waals surface area contributed by atoms with Crippen molar-refractivity contribution in [3.8, 4) is 12.3 Å². The van der Waals surface area contributed by atoms with Gasteiger partial charge in [-0.25, -0.2) is 4.98 Å². The summed E-state index contributed by atoms with van der Waals surface area (Å²) in [5.41, 5.74) is 3.27. The molecule has 0 fully saturated rings. The second-order valence-electron chi connectivity index (χ2n) is 4.99. The van der Waals surface area contributed by atoms with Crippen LogP contribution in [0.15, 0.2) is 54.7 Å². The molecule has 0 atom stereocenters. The summed E-state index contributed by atoms with van der Waals surface area (Å²) in [7, 11) is 0. The molecular formula is C19H15N3O. The Morgan fingerprint density at radius 1 is 1.17 bits per heavy atom. The van der Waals surface area contributed by atoms with Crippen molar-refractivity contribution >= 4 is 22.6 Å². The Morgan fingerprint density at radius 2 is 1.96 bits per heavy atom. The lowest BCUT2D eigenvalue weighted by molar-refractivity contribution is 0.0983. The van der Waals surface area contributed by atoms with E-state index >= 15 is 0 Å². The Hall–Kier alpha value is -3.19. The summed E-state index contributed by atoms with van der Waals surface area (Å²) in [6.07, 6.45) is 6.95. The number of hydrogen-bond donors (Lipinski definition) is 0. The number of para-hydroxylation sites is 2. The third-order valence-corrected chi connectivity index (χ3v) is 3.55. The van der Waals surface area contributed by atoms with Gasteiger partial charge in [0.05, 0.1) is 17.2 Å². The third-order valence-electron chi connectivity index (χ3n) is 3.55. The summed E-state index contributed by atoms with van der Waals surface area (Å²) in [6.45, 7) is 2.43. The summed E-state index contributed by atoms with van der Waals surface area (Å²) in [6, 6.07) is 14.8. The molecule has 0 bridgehead atoms. The fourth-order valence-electron chi connectivity index (χ4n) is 2.41. The Balaban J connectivity index is 1.99. The van der Waals surface area contributed by atoms with E-state index in [9.17, 15) is 4.79 Å². The highest BCUT2D eigenvalue weighted by molar-refractivity contribution is 6.05. The van der Waals surface area contributed by atoms with Crippen LogP contribution < -0.4 is 4.90 Å². The molecule has 0 aliphatic rings. The van der Waals surface area contributed by atoms with Gasteiger partial charge in [-0.15, -0.1) is 6.42 Å². The quantitative estimate of drug-likeness (QED) is 0.697. The van der Waals surface area contributed by atoms with Gasteiger partial charge in [-0.1, -0.05) is 24.1 Å². The molecule has 0 aliphatic heterocycles. The van der Waals surface area contributed by atoms with Crippen LogP contribution in [0.1, 0.15) is 23.0 Å². The van der Waals surface area contributed by atoms with Crippen LogP contribution in [0, 0.1) is 12.3 Å². The molecule has 0 spiro atoms. The zero-order valence-corrected chi connectivity index (χ0v) is 12.7. The third kappa shape index (κ3) is 2.90. The number of hydrogen-bond acceptors (Lipinski definition) is 3. The molecule has 4 nitrogen and oxygen atoms in total. The van der Waals surface area contributed by atoms with Gasteiger partial charge in [-0.2, -0.15) is 0 Å². The predicted molar refractivity (Wildman–Crippen MR) is 91.3 cm³/mol. The van der Waals surface area contributed by atoms with Crippen LogP contribution in [0.4, 0.5) is 5.69 Å². The van der Waals surface area contributed by atoms with Crippen molar-refractivity contribution in [2.45, 2.75) is 6.92 Å². The van der Waals surface area contributed by atoms with Crippen molar-refractivity contribution < 1.29 is 4.79 Å². The van der Waals surface area contributed by atoms with Crippen LogP contribution in [0.2, 0.25) is 0 Å². The maximum atomic E-state index is 12.8. The number of amides is 1. The first-order valence-electron chi connectivity index (χ1n) is 7.33. The van der Waals surface area contributed by atoms with Crippen molar-refractivity contribution in [2.24, 2.45) is 0 Å². The standard InChI is InChI=1S/C19H15N3O/c1-3-14-8-7-9-15(12-14)22(4-2)19(23)18-13-20-16-10-5-6-11-17(16)21-18/h1,5-13H,4H2,2H3. The highest BCUT2D eigenvalue weighted by Crippen LogP contribution is 2.18. The van der Waals surface area contributed by atoms with Crippen LogP contribution in [-0.2, 0) is 0 Å². The molecule has 0 saturated carbocycles. The molecule has 1 aromatic heterocycles. The topological polar surface area (TPSA) is 46.1 Å². The lowest BCUT2D eigenvalue weighted by Gasteiger charge is -2.20. The van der Waals surface area contributed by atoms with Gasteiger partial charge in [-0.05, 0) is 37.3 Å². The van der Waals surface area contributed by atoms with E-state index in [-0.39, 0.29) is 5.91 Å². The monoisotopic (exact) mass is 301 g/mol. The van der Waals surface area contributed by atoms with Crippen LogP contribution in [0.3, 0.4) is 0 Å². The maximum absolute atomic E-state index is 12.8. The normalized spacial score (nSPS) is 10.3. The van der Waals surface area contributed by atoms with E-state index in [0.29, 0.717) is 17.8 Å². The molecular weight excluding hydrogens is 286 g/mol. The number of anilines is 1. The van der Waals surface area contributed by atoms with Gasteiger partial charge in [0.2, 0.25) is 0 Å². The van der Waals surface area contributed by atoms with Crippen LogP contribution in [0.25, 0.3) is 11.0 Å². The van der Waals surface area contributed by atoms with Gasteiger partial charge in [-0.3, -0.25) is 9.78 Å². The first-order valence-corrected chi connectivity index (χ1v) is 7.33. The summed E-state index contributed by atoms with van der Waals surface area (Å²) in [4.78, 5) is 23.2. The number of carbonyl (C=O) groups is 1. The molecule has 0 saturated heterocycles. The van der Waals surface area contributed by atoms with E-state index in [2.05, 4.69) is 15.9 Å². The lowest BCUT2D eigenvalue weighted by atomic mass is 10.2. The van der Waals surface area contributed by atoms with Crippen molar-refractivity contribution in [3.63, 3.8) is 0 Å². The van der Waals surface area contributed by atoms with E-state index in [4.69, 9.17) is 6.42 Å². The molecule has 3 aromatic rings. The number of terminal acetylenes is 1. The first-order chi connectivity index (χ1) is 11.2. The number of rotatable bonds is 3. The zero-order chi connectivity index (χ0) is 16.2. The van der Waals surface area contributed by atoms with E-state index < -0.39 is 0 Å². The van der Waals surface area contributed by atoms with Crippen molar-refractivity contribution in [1.29, 1.82) is 0 Å². The maximum Gasteiger partial charge on any atom is 0.278 e. The van der Waals surface area contributed by atoms with Crippen LogP contribution in [0.5, 0.6) is 0 Å². The molecule has 0 N–H and O–H groups in total. The van der Waals surface area contributed by atoms with Crippen molar-refractivity contribution in [2.75, 3.05) is 11.4 Å². The summed E-state index contributed by atoms with van der Waals surface area (Å²) in [5.74, 6) is 2.39. The molecule has 1 heterocycles. The number of nitrogens with zero attached hydrogens (tertiary/aromatic N) is 3. The number of carbonyl (C=O) groups excluding carboxylic acids is 1. The molecule has 0 unspecified atom stereocenters. The minimum Gasteiger partial charge on any atom is -0.307 e. The first kappa shape index (κ1) is 14.7. The fraction of sp³-hybridized carbons (Fsp3) is 0.105.